The summed E-state index contributed by atoms with van der Waals surface area (Å²) in [5.41, 5.74) is 0.666. The van der Waals surface area contributed by atoms with Gasteiger partial charge in [0, 0.05) is 43.0 Å². The molecule has 6 nitrogen and oxygen atoms in total. The maximum atomic E-state index is 12.8. The van der Waals surface area contributed by atoms with Gasteiger partial charge in [-0.2, -0.15) is 0 Å². The highest BCUT2D eigenvalue weighted by atomic mass is 35.5. The Kier molecular flexibility index (Phi) is 5.53. The molecule has 0 aliphatic carbocycles. The molecule has 0 N–H and O–H groups in total. The van der Waals surface area contributed by atoms with Crippen molar-refractivity contribution in [1.29, 1.82) is 0 Å². The Morgan fingerprint density at radius 1 is 0.889 bits per heavy atom. The molecule has 1 saturated heterocycles. The molecule has 0 radical (unpaired) electrons. The number of halogens is 1. The molecule has 1 aliphatic rings. The second-order valence-corrected chi connectivity index (χ2v) is 8.78. The second kappa shape index (κ2) is 7.70. The van der Waals surface area contributed by atoms with Crippen molar-refractivity contribution in [3.05, 3.63) is 64.7 Å². The van der Waals surface area contributed by atoms with Gasteiger partial charge in [-0.3, -0.25) is 9.59 Å². The van der Waals surface area contributed by atoms with E-state index in [4.69, 9.17) is 11.6 Å². The summed E-state index contributed by atoms with van der Waals surface area (Å²) >= 11 is 5.94. The summed E-state index contributed by atoms with van der Waals surface area (Å²) in [5.74, 6) is -0.480. The first-order valence-electron chi connectivity index (χ1n) is 8.40. The molecule has 3 rings (SSSR count). The van der Waals surface area contributed by atoms with Gasteiger partial charge in [0.2, 0.25) is 0 Å². The minimum atomic E-state index is -3.51. The number of carbonyl (C=O) groups is 2. The summed E-state index contributed by atoms with van der Waals surface area (Å²) in [6, 6.07) is 12.9. The molecule has 1 heterocycles. The molecule has 0 bridgehead atoms. The summed E-state index contributed by atoms with van der Waals surface area (Å²) in [7, 11) is -3.51. The van der Waals surface area contributed by atoms with E-state index < -0.39 is 9.84 Å². The number of hydrogen-bond acceptors (Lipinski definition) is 4. The van der Waals surface area contributed by atoms with Crippen molar-refractivity contribution in [1.82, 2.24) is 9.80 Å². The van der Waals surface area contributed by atoms with Crippen molar-refractivity contribution in [2.75, 3.05) is 32.4 Å². The first kappa shape index (κ1) is 19.4. The zero-order valence-corrected chi connectivity index (χ0v) is 16.3. The summed E-state index contributed by atoms with van der Waals surface area (Å²) in [6.45, 7) is 1.42. The van der Waals surface area contributed by atoms with Crippen molar-refractivity contribution in [3.8, 4) is 0 Å². The number of hydrogen-bond donors (Lipinski definition) is 0. The Bertz CT molecular complexity index is 983. The summed E-state index contributed by atoms with van der Waals surface area (Å²) in [5, 5.41) is 0.493. The molecule has 0 spiro atoms. The predicted molar refractivity (Wildman–Crippen MR) is 103 cm³/mol. The molecule has 0 unspecified atom stereocenters. The van der Waals surface area contributed by atoms with E-state index in [-0.39, 0.29) is 22.3 Å². The van der Waals surface area contributed by atoms with E-state index in [1.54, 1.807) is 46.2 Å². The fourth-order valence-electron chi connectivity index (χ4n) is 3.05. The van der Waals surface area contributed by atoms with Gasteiger partial charge in [0.1, 0.15) is 0 Å². The summed E-state index contributed by atoms with van der Waals surface area (Å²) < 4.78 is 23.9. The quantitative estimate of drug-likeness (QED) is 0.784. The smallest absolute Gasteiger partial charge is 0.255 e. The van der Waals surface area contributed by atoms with Crippen LogP contribution in [-0.4, -0.2) is 62.5 Å². The molecule has 0 aromatic heterocycles. The number of sulfone groups is 1. The molecule has 1 fully saturated rings. The number of rotatable bonds is 3. The monoisotopic (exact) mass is 406 g/mol. The van der Waals surface area contributed by atoms with Crippen LogP contribution in [0.3, 0.4) is 0 Å². The van der Waals surface area contributed by atoms with Crippen LogP contribution in [0, 0.1) is 0 Å². The first-order valence-corrected chi connectivity index (χ1v) is 10.7. The number of carbonyl (C=O) groups excluding carboxylic acids is 2. The zero-order valence-electron chi connectivity index (χ0n) is 14.8. The highest BCUT2D eigenvalue weighted by Crippen LogP contribution is 2.19. The van der Waals surface area contributed by atoms with E-state index in [9.17, 15) is 18.0 Å². The lowest BCUT2D eigenvalue weighted by Crippen LogP contribution is -2.50. The predicted octanol–water partition coefficient (Wildman–Crippen LogP) is 2.34. The third kappa shape index (κ3) is 4.31. The third-order valence-electron chi connectivity index (χ3n) is 4.44. The number of amides is 2. The Hall–Kier alpha value is -2.38. The minimum Gasteiger partial charge on any atom is -0.335 e. The lowest BCUT2D eigenvalue weighted by atomic mass is 10.1. The van der Waals surface area contributed by atoms with Crippen molar-refractivity contribution in [2.24, 2.45) is 0 Å². The standard InChI is InChI=1S/C19H19ClN2O4S/c1-27(25,26)17-8-3-2-7-16(17)19(24)22-11-9-21(10-12-22)18(23)14-5-4-6-15(20)13-14/h2-8,13H,9-12H2,1H3. The average molecular weight is 407 g/mol. The van der Waals surface area contributed by atoms with Crippen molar-refractivity contribution in [3.63, 3.8) is 0 Å². The van der Waals surface area contributed by atoms with Crippen LogP contribution >= 0.6 is 11.6 Å². The van der Waals surface area contributed by atoms with Crippen LogP contribution in [0.4, 0.5) is 0 Å². The first-order chi connectivity index (χ1) is 12.8. The van der Waals surface area contributed by atoms with Crippen molar-refractivity contribution >= 4 is 33.3 Å². The topological polar surface area (TPSA) is 74.8 Å². The lowest BCUT2D eigenvalue weighted by molar-refractivity contribution is 0.0533. The van der Waals surface area contributed by atoms with Gasteiger partial charge in [0.15, 0.2) is 9.84 Å². The van der Waals surface area contributed by atoms with E-state index >= 15 is 0 Å². The van der Waals surface area contributed by atoms with Gasteiger partial charge in [0.05, 0.1) is 10.5 Å². The van der Waals surface area contributed by atoms with Gasteiger partial charge in [-0.05, 0) is 30.3 Å². The molecular weight excluding hydrogens is 388 g/mol. The molecule has 1 aliphatic heterocycles. The van der Waals surface area contributed by atoms with Gasteiger partial charge >= 0.3 is 0 Å². The molecule has 27 heavy (non-hydrogen) atoms. The SMILES string of the molecule is CS(=O)(=O)c1ccccc1C(=O)N1CCN(C(=O)c2cccc(Cl)c2)CC1. The number of piperazine rings is 1. The Morgan fingerprint density at radius 2 is 1.48 bits per heavy atom. The Morgan fingerprint density at radius 3 is 2.07 bits per heavy atom. The van der Waals surface area contributed by atoms with Crippen LogP contribution in [0.1, 0.15) is 20.7 Å². The molecule has 2 aromatic rings. The van der Waals surface area contributed by atoms with Gasteiger partial charge < -0.3 is 9.80 Å². The lowest BCUT2D eigenvalue weighted by Gasteiger charge is -2.35. The van der Waals surface area contributed by atoms with E-state index in [0.717, 1.165) is 6.26 Å². The third-order valence-corrected chi connectivity index (χ3v) is 5.83. The van der Waals surface area contributed by atoms with Crippen LogP contribution in [0.25, 0.3) is 0 Å². The normalized spacial score (nSPS) is 14.9. The largest absolute Gasteiger partial charge is 0.335 e. The van der Waals surface area contributed by atoms with Crippen molar-refractivity contribution < 1.29 is 18.0 Å². The van der Waals surface area contributed by atoms with Crippen LogP contribution in [-0.2, 0) is 9.84 Å². The fourth-order valence-corrected chi connectivity index (χ4v) is 4.12. The molecular formula is C19H19ClN2O4S. The average Bonchev–Trinajstić information content (AvgIpc) is 2.66. The van der Waals surface area contributed by atoms with Gasteiger partial charge in [-0.25, -0.2) is 8.42 Å². The van der Waals surface area contributed by atoms with Gasteiger partial charge in [-0.1, -0.05) is 29.8 Å². The van der Waals surface area contributed by atoms with E-state index in [1.807, 2.05) is 0 Å². The van der Waals surface area contributed by atoms with Crippen LogP contribution in [0.5, 0.6) is 0 Å². The van der Waals surface area contributed by atoms with Crippen LogP contribution in [0.15, 0.2) is 53.4 Å². The van der Waals surface area contributed by atoms with Crippen molar-refractivity contribution in [2.45, 2.75) is 4.90 Å². The number of benzene rings is 2. The minimum absolute atomic E-state index is 0.0208. The van der Waals surface area contributed by atoms with Crippen LogP contribution < -0.4 is 0 Å². The van der Waals surface area contributed by atoms with E-state index in [2.05, 4.69) is 0 Å². The molecule has 0 atom stereocenters. The molecule has 142 valence electrons. The zero-order chi connectivity index (χ0) is 19.6. The highest BCUT2D eigenvalue weighted by molar-refractivity contribution is 7.90. The van der Waals surface area contributed by atoms with Crippen LogP contribution in [0.2, 0.25) is 5.02 Å². The Balaban J connectivity index is 1.71. The fraction of sp³-hybridized carbons (Fsp3) is 0.263. The maximum Gasteiger partial charge on any atom is 0.255 e. The summed E-state index contributed by atoms with van der Waals surface area (Å²) in [6.07, 6.45) is 1.08. The number of nitrogens with zero attached hydrogens (tertiary/aromatic N) is 2. The van der Waals surface area contributed by atoms with Gasteiger partial charge in [0.25, 0.3) is 11.8 Å². The maximum absolute atomic E-state index is 12.8. The molecule has 8 heteroatoms. The molecule has 2 amide bonds. The highest BCUT2D eigenvalue weighted by Gasteiger charge is 2.28. The summed E-state index contributed by atoms with van der Waals surface area (Å²) in [4.78, 5) is 28.6. The Labute approximate surface area is 163 Å². The van der Waals surface area contributed by atoms with E-state index in [1.165, 1.54) is 12.1 Å². The van der Waals surface area contributed by atoms with Gasteiger partial charge in [-0.15, -0.1) is 0 Å². The second-order valence-electron chi connectivity index (χ2n) is 6.36. The molecule has 2 aromatic carbocycles. The van der Waals surface area contributed by atoms with E-state index in [0.29, 0.717) is 36.8 Å². The molecule has 0 saturated carbocycles.